The van der Waals surface area contributed by atoms with Crippen LogP contribution in [0.15, 0.2) is 84.2 Å². The maximum absolute atomic E-state index is 13.0. The van der Waals surface area contributed by atoms with Crippen LogP contribution >= 0.6 is 11.3 Å². The van der Waals surface area contributed by atoms with E-state index in [0.717, 1.165) is 22.3 Å². The summed E-state index contributed by atoms with van der Waals surface area (Å²) in [4.78, 5) is 28.5. The lowest BCUT2D eigenvalue weighted by molar-refractivity contribution is -0.146. The first-order valence-electron chi connectivity index (χ1n) is 9.88. The molecule has 1 amide bonds. The van der Waals surface area contributed by atoms with Gasteiger partial charge in [-0.2, -0.15) is 0 Å². The number of carbonyl (C=O) groups excluding carboxylic acids is 2. The van der Waals surface area contributed by atoms with E-state index in [1.54, 1.807) is 17.5 Å². The minimum absolute atomic E-state index is 0.0777. The summed E-state index contributed by atoms with van der Waals surface area (Å²) >= 11 is 1.24. The van der Waals surface area contributed by atoms with E-state index < -0.39 is 18.5 Å². The monoisotopic (exact) mass is 446 g/mol. The van der Waals surface area contributed by atoms with E-state index in [-0.39, 0.29) is 12.2 Å². The van der Waals surface area contributed by atoms with Gasteiger partial charge in [-0.15, -0.1) is 11.3 Å². The van der Waals surface area contributed by atoms with Gasteiger partial charge in [0.1, 0.15) is 5.82 Å². The summed E-state index contributed by atoms with van der Waals surface area (Å²) in [5, 5.41) is 4.74. The molecule has 1 heterocycles. The highest BCUT2D eigenvalue weighted by molar-refractivity contribution is 7.14. The third-order valence-corrected chi connectivity index (χ3v) is 5.42. The van der Waals surface area contributed by atoms with Crippen LogP contribution in [-0.2, 0) is 20.7 Å². The summed E-state index contributed by atoms with van der Waals surface area (Å²) in [6.45, 7) is -0.396. The molecule has 4 rings (SSSR count). The summed E-state index contributed by atoms with van der Waals surface area (Å²) < 4.78 is 18.1. The molecule has 0 atom stereocenters. The Kier molecular flexibility index (Phi) is 6.67. The van der Waals surface area contributed by atoms with Crippen molar-refractivity contribution in [2.24, 2.45) is 0 Å². The van der Waals surface area contributed by atoms with Gasteiger partial charge in [-0.1, -0.05) is 54.6 Å². The van der Waals surface area contributed by atoms with Crippen LogP contribution in [0.3, 0.4) is 0 Å². The zero-order valence-corrected chi connectivity index (χ0v) is 17.8. The number of hydrogen-bond donors (Lipinski definition) is 1. The van der Waals surface area contributed by atoms with Crippen LogP contribution in [0.5, 0.6) is 0 Å². The quantitative estimate of drug-likeness (QED) is 0.389. The van der Waals surface area contributed by atoms with Gasteiger partial charge >= 0.3 is 5.97 Å². The molecule has 0 saturated heterocycles. The van der Waals surface area contributed by atoms with Gasteiger partial charge in [0.15, 0.2) is 11.7 Å². The summed E-state index contributed by atoms with van der Waals surface area (Å²) in [6, 6.07) is 23.5. The smallest absolute Gasteiger partial charge is 0.310 e. The first-order chi connectivity index (χ1) is 15.6. The molecule has 5 nitrogen and oxygen atoms in total. The Balaban J connectivity index is 1.25. The second-order valence-electron chi connectivity index (χ2n) is 6.99. The van der Waals surface area contributed by atoms with Gasteiger partial charge < -0.3 is 4.74 Å². The molecule has 0 aliphatic carbocycles. The van der Waals surface area contributed by atoms with Crippen LogP contribution in [0.4, 0.5) is 9.52 Å². The van der Waals surface area contributed by atoms with Crippen molar-refractivity contribution in [1.82, 2.24) is 4.98 Å². The lowest BCUT2D eigenvalue weighted by atomic mass is 10.0. The van der Waals surface area contributed by atoms with E-state index in [4.69, 9.17) is 4.74 Å². The second kappa shape index (κ2) is 9.98. The number of benzene rings is 3. The van der Waals surface area contributed by atoms with Gasteiger partial charge in [-0.05, 0) is 41.0 Å². The van der Waals surface area contributed by atoms with Crippen molar-refractivity contribution in [3.63, 3.8) is 0 Å². The number of anilines is 1. The number of carbonyl (C=O) groups is 2. The number of aromatic nitrogens is 1. The Hall–Kier alpha value is -3.84. The van der Waals surface area contributed by atoms with Gasteiger partial charge in [0.25, 0.3) is 5.91 Å². The van der Waals surface area contributed by atoms with Crippen molar-refractivity contribution in [3.8, 4) is 22.4 Å². The van der Waals surface area contributed by atoms with Gasteiger partial charge in [0.2, 0.25) is 0 Å². The highest BCUT2D eigenvalue weighted by Crippen LogP contribution is 2.25. The van der Waals surface area contributed by atoms with Crippen LogP contribution in [0, 0.1) is 5.82 Å². The standard InChI is InChI=1S/C25H19FN2O3S/c26-21-12-10-20(11-13-21)22-16-32-25(27-22)28-23(29)15-31-24(30)14-17-6-8-19(9-7-17)18-4-2-1-3-5-18/h1-13,16H,14-15H2,(H,27,28,29). The van der Waals surface area contributed by atoms with Crippen LogP contribution in [0.2, 0.25) is 0 Å². The predicted octanol–water partition coefficient (Wildman–Crippen LogP) is 5.34. The minimum atomic E-state index is -0.487. The molecule has 3 aromatic carbocycles. The normalized spacial score (nSPS) is 10.5. The Morgan fingerprint density at radius 3 is 2.25 bits per heavy atom. The Labute approximate surface area is 188 Å². The fourth-order valence-electron chi connectivity index (χ4n) is 3.05. The summed E-state index contributed by atoms with van der Waals surface area (Å²) in [5.74, 6) is -1.29. The third-order valence-electron chi connectivity index (χ3n) is 4.66. The number of hydrogen-bond acceptors (Lipinski definition) is 5. The van der Waals surface area contributed by atoms with Gasteiger partial charge in [-0.25, -0.2) is 9.37 Å². The van der Waals surface area contributed by atoms with E-state index >= 15 is 0 Å². The SMILES string of the molecule is O=C(COC(=O)Cc1ccc(-c2ccccc2)cc1)Nc1nc(-c2ccc(F)cc2)cs1. The highest BCUT2D eigenvalue weighted by Gasteiger charge is 2.12. The van der Waals surface area contributed by atoms with E-state index in [1.165, 1.54) is 23.5 Å². The number of thiazole rings is 1. The van der Waals surface area contributed by atoms with Crippen molar-refractivity contribution in [2.45, 2.75) is 6.42 Å². The lowest BCUT2D eigenvalue weighted by Crippen LogP contribution is -2.21. The molecule has 1 N–H and O–H groups in total. The molecule has 0 radical (unpaired) electrons. The van der Waals surface area contributed by atoms with Gasteiger partial charge in [-0.3, -0.25) is 14.9 Å². The predicted molar refractivity (Wildman–Crippen MR) is 123 cm³/mol. The molecule has 7 heteroatoms. The fourth-order valence-corrected chi connectivity index (χ4v) is 3.78. The van der Waals surface area contributed by atoms with Crippen LogP contribution < -0.4 is 5.32 Å². The van der Waals surface area contributed by atoms with Crippen LogP contribution in [0.1, 0.15) is 5.56 Å². The summed E-state index contributed by atoms with van der Waals surface area (Å²) in [5.41, 5.74) is 4.33. The Morgan fingerprint density at radius 1 is 0.875 bits per heavy atom. The van der Waals surface area contributed by atoms with Gasteiger partial charge in [0.05, 0.1) is 12.1 Å². The number of esters is 1. The summed E-state index contributed by atoms with van der Waals surface area (Å²) in [6.07, 6.45) is 0.0777. The average molecular weight is 447 g/mol. The molecule has 1 aromatic heterocycles. The number of rotatable bonds is 7. The van der Waals surface area contributed by atoms with Crippen molar-refractivity contribution in [2.75, 3.05) is 11.9 Å². The number of ether oxygens (including phenoxy) is 1. The van der Waals surface area contributed by atoms with Gasteiger partial charge in [0, 0.05) is 10.9 Å². The van der Waals surface area contributed by atoms with Crippen molar-refractivity contribution in [3.05, 3.63) is 95.6 Å². The Morgan fingerprint density at radius 2 is 1.53 bits per heavy atom. The molecule has 0 bridgehead atoms. The summed E-state index contributed by atoms with van der Waals surface area (Å²) in [7, 11) is 0. The van der Waals surface area contributed by atoms with Crippen molar-refractivity contribution >= 4 is 28.3 Å². The van der Waals surface area contributed by atoms with Crippen LogP contribution in [-0.4, -0.2) is 23.5 Å². The number of nitrogens with one attached hydrogen (secondary N) is 1. The first kappa shape index (κ1) is 21.4. The molecular formula is C25H19FN2O3S. The molecule has 0 unspecified atom stereocenters. The topological polar surface area (TPSA) is 68.3 Å². The zero-order chi connectivity index (χ0) is 22.3. The first-order valence-corrected chi connectivity index (χ1v) is 10.8. The molecule has 0 saturated carbocycles. The highest BCUT2D eigenvalue weighted by atomic mass is 32.1. The number of amides is 1. The molecule has 0 spiro atoms. The average Bonchev–Trinajstić information content (AvgIpc) is 3.27. The molecule has 32 heavy (non-hydrogen) atoms. The molecule has 160 valence electrons. The van der Waals surface area contributed by atoms with E-state index in [9.17, 15) is 14.0 Å². The number of halogens is 1. The third kappa shape index (κ3) is 5.65. The second-order valence-corrected chi connectivity index (χ2v) is 7.85. The maximum atomic E-state index is 13.0. The largest absolute Gasteiger partial charge is 0.455 e. The molecular weight excluding hydrogens is 427 g/mol. The minimum Gasteiger partial charge on any atom is -0.455 e. The van der Waals surface area contributed by atoms with Crippen molar-refractivity contribution < 1.29 is 18.7 Å². The van der Waals surface area contributed by atoms with E-state index in [2.05, 4.69) is 10.3 Å². The van der Waals surface area contributed by atoms with E-state index in [0.29, 0.717) is 10.8 Å². The fraction of sp³-hybridized carbons (Fsp3) is 0.0800. The maximum Gasteiger partial charge on any atom is 0.310 e. The lowest BCUT2D eigenvalue weighted by Gasteiger charge is -2.06. The van der Waals surface area contributed by atoms with Crippen molar-refractivity contribution in [1.29, 1.82) is 0 Å². The zero-order valence-electron chi connectivity index (χ0n) is 17.0. The molecule has 4 aromatic rings. The molecule has 0 aliphatic rings. The Bertz CT molecular complexity index is 1210. The van der Waals surface area contributed by atoms with E-state index in [1.807, 2.05) is 54.6 Å². The number of nitrogens with zero attached hydrogens (tertiary/aromatic N) is 1. The van der Waals surface area contributed by atoms with Crippen LogP contribution in [0.25, 0.3) is 22.4 Å². The molecule has 0 aliphatic heterocycles. The molecule has 0 fully saturated rings.